The van der Waals surface area contributed by atoms with Crippen LogP contribution in [0.15, 0.2) is 6.20 Å². The third kappa shape index (κ3) is 2.04. The van der Waals surface area contributed by atoms with Crippen molar-refractivity contribution in [3.8, 4) is 0 Å². The van der Waals surface area contributed by atoms with Crippen LogP contribution in [-0.4, -0.2) is 12.1 Å². The van der Waals surface area contributed by atoms with Crippen LogP contribution in [0.4, 0.5) is 0 Å². The van der Waals surface area contributed by atoms with Crippen LogP contribution in [0.5, 0.6) is 0 Å². The number of methoxy groups -OCH3 is 1. The first-order valence-electron chi connectivity index (χ1n) is 2.85. The van der Waals surface area contributed by atoms with Crippen molar-refractivity contribution in [2.24, 2.45) is 0 Å². The molecule has 0 aliphatic rings. The first-order chi connectivity index (χ1) is 4.86. The Morgan fingerprint density at radius 1 is 1.80 bits per heavy atom. The van der Waals surface area contributed by atoms with Gasteiger partial charge in [0.25, 0.3) is 0 Å². The van der Waals surface area contributed by atoms with E-state index in [0.29, 0.717) is 6.61 Å². The topological polar surface area (TPSA) is 22.1 Å². The summed E-state index contributed by atoms with van der Waals surface area (Å²) in [7, 11) is 1.68. The van der Waals surface area contributed by atoms with Gasteiger partial charge in [0.05, 0.1) is 6.61 Å². The van der Waals surface area contributed by atoms with Gasteiger partial charge in [-0.2, -0.15) is 0 Å². The van der Waals surface area contributed by atoms with Gasteiger partial charge in [-0.1, -0.05) is 15.9 Å². The van der Waals surface area contributed by atoms with Crippen LogP contribution in [0.25, 0.3) is 0 Å². The number of nitrogens with zero attached hydrogens (tertiary/aromatic N) is 1. The second-order valence-corrected chi connectivity index (χ2v) is 3.55. The molecule has 0 saturated heterocycles. The molecule has 0 aromatic carbocycles. The van der Waals surface area contributed by atoms with Gasteiger partial charge in [-0.05, 0) is 0 Å². The van der Waals surface area contributed by atoms with Gasteiger partial charge in [0, 0.05) is 23.5 Å². The van der Waals surface area contributed by atoms with E-state index in [1.807, 2.05) is 6.20 Å². The normalized spacial score (nSPS) is 10.2. The third-order valence-electron chi connectivity index (χ3n) is 1.00. The molecule has 0 radical (unpaired) electrons. The van der Waals surface area contributed by atoms with Crippen LogP contribution >= 0.6 is 27.3 Å². The molecule has 0 spiro atoms. The maximum absolute atomic E-state index is 4.92. The molecule has 0 bridgehead atoms. The molecule has 10 heavy (non-hydrogen) atoms. The van der Waals surface area contributed by atoms with Crippen molar-refractivity contribution in [2.75, 3.05) is 7.11 Å². The van der Waals surface area contributed by atoms with E-state index in [1.165, 1.54) is 4.88 Å². The van der Waals surface area contributed by atoms with Gasteiger partial charge >= 0.3 is 0 Å². The highest BCUT2D eigenvalue weighted by atomic mass is 79.9. The van der Waals surface area contributed by atoms with Gasteiger partial charge in [-0.3, -0.25) is 0 Å². The Morgan fingerprint density at radius 3 is 3.10 bits per heavy atom. The van der Waals surface area contributed by atoms with Gasteiger partial charge in [0.1, 0.15) is 5.01 Å². The highest BCUT2D eigenvalue weighted by molar-refractivity contribution is 9.08. The molecule has 0 unspecified atom stereocenters. The number of halogens is 1. The predicted octanol–water partition coefficient (Wildman–Crippen LogP) is 2.18. The Morgan fingerprint density at radius 2 is 2.60 bits per heavy atom. The standard InChI is InChI=1S/C6H8BrNOS/c1-9-4-6-8-3-5(2-7)10-6/h3H,2,4H2,1H3. The van der Waals surface area contributed by atoms with Crippen molar-refractivity contribution >= 4 is 27.3 Å². The Balaban J connectivity index is 2.59. The van der Waals surface area contributed by atoms with Crippen LogP contribution < -0.4 is 0 Å². The minimum atomic E-state index is 0.623. The Hall–Kier alpha value is 0.0700. The summed E-state index contributed by atoms with van der Waals surface area (Å²) in [6.45, 7) is 0.623. The molecule has 2 nitrogen and oxygen atoms in total. The highest BCUT2D eigenvalue weighted by Gasteiger charge is 1.98. The largest absolute Gasteiger partial charge is 0.378 e. The molecule has 1 heterocycles. The molecule has 0 saturated carbocycles. The van der Waals surface area contributed by atoms with Crippen molar-refractivity contribution in [1.29, 1.82) is 0 Å². The van der Waals surface area contributed by atoms with Crippen molar-refractivity contribution in [2.45, 2.75) is 11.9 Å². The molecular weight excluding hydrogens is 214 g/mol. The van der Waals surface area contributed by atoms with Gasteiger partial charge in [-0.25, -0.2) is 4.98 Å². The first-order valence-corrected chi connectivity index (χ1v) is 4.79. The quantitative estimate of drug-likeness (QED) is 0.731. The number of rotatable bonds is 3. The van der Waals surface area contributed by atoms with E-state index >= 15 is 0 Å². The van der Waals surface area contributed by atoms with Crippen LogP contribution in [0.1, 0.15) is 9.88 Å². The van der Waals surface area contributed by atoms with Crippen molar-refractivity contribution in [3.63, 3.8) is 0 Å². The zero-order valence-corrected chi connectivity index (χ0v) is 8.04. The molecule has 0 fully saturated rings. The second-order valence-electron chi connectivity index (χ2n) is 1.79. The van der Waals surface area contributed by atoms with Crippen LogP contribution in [0.2, 0.25) is 0 Å². The van der Waals surface area contributed by atoms with Crippen LogP contribution in [0.3, 0.4) is 0 Å². The summed E-state index contributed by atoms with van der Waals surface area (Å²) in [5.41, 5.74) is 0. The average molecular weight is 222 g/mol. The fraction of sp³-hybridized carbons (Fsp3) is 0.500. The molecule has 0 atom stereocenters. The van der Waals surface area contributed by atoms with E-state index in [1.54, 1.807) is 18.4 Å². The summed E-state index contributed by atoms with van der Waals surface area (Å²) in [4.78, 5) is 5.38. The molecule has 1 rings (SSSR count). The molecule has 0 N–H and O–H groups in total. The average Bonchev–Trinajstić information content (AvgIpc) is 2.37. The van der Waals surface area contributed by atoms with Crippen molar-refractivity contribution < 1.29 is 4.74 Å². The lowest BCUT2D eigenvalue weighted by Gasteiger charge is -1.88. The molecule has 56 valence electrons. The van der Waals surface area contributed by atoms with Gasteiger partial charge in [0.15, 0.2) is 0 Å². The molecule has 4 heteroatoms. The molecular formula is C6H8BrNOS. The minimum absolute atomic E-state index is 0.623. The first kappa shape index (κ1) is 8.17. The Labute approximate surface area is 72.4 Å². The smallest absolute Gasteiger partial charge is 0.119 e. The van der Waals surface area contributed by atoms with Gasteiger partial charge < -0.3 is 4.74 Å². The predicted molar refractivity (Wildman–Crippen MR) is 45.5 cm³/mol. The van der Waals surface area contributed by atoms with Crippen LogP contribution in [-0.2, 0) is 16.7 Å². The number of hydrogen-bond acceptors (Lipinski definition) is 3. The summed E-state index contributed by atoms with van der Waals surface area (Å²) in [5.74, 6) is 0. The monoisotopic (exact) mass is 221 g/mol. The van der Waals surface area contributed by atoms with E-state index in [4.69, 9.17) is 4.74 Å². The number of aromatic nitrogens is 1. The lowest BCUT2D eigenvalue weighted by Crippen LogP contribution is -1.82. The van der Waals surface area contributed by atoms with E-state index in [-0.39, 0.29) is 0 Å². The molecule has 1 aromatic heterocycles. The Bertz CT molecular complexity index is 201. The van der Waals surface area contributed by atoms with Crippen molar-refractivity contribution in [3.05, 3.63) is 16.1 Å². The summed E-state index contributed by atoms with van der Waals surface area (Å²) in [5, 5.41) is 1.92. The Kier molecular flexibility index (Phi) is 3.31. The third-order valence-corrected chi connectivity index (χ3v) is 2.95. The summed E-state index contributed by atoms with van der Waals surface area (Å²) in [6, 6.07) is 0. The molecule has 0 aliphatic heterocycles. The maximum Gasteiger partial charge on any atom is 0.119 e. The van der Waals surface area contributed by atoms with E-state index in [9.17, 15) is 0 Å². The zero-order valence-electron chi connectivity index (χ0n) is 5.63. The zero-order chi connectivity index (χ0) is 7.40. The fourth-order valence-corrected chi connectivity index (χ4v) is 1.83. The van der Waals surface area contributed by atoms with Crippen molar-refractivity contribution in [1.82, 2.24) is 4.98 Å². The molecule has 1 aromatic rings. The van der Waals surface area contributed by atoms with Gasteiger partial charge in [0.2, 0.25) is 0 Å². The van der Waals surface area contributed by atoms with E-state index in [0.717, 1.165) is 10.3 Å². The summed E-state index contributed by atoms with van der Waals surface area (Å²) < 4.78 is 4.92. The lowest BCUT2D eigenvalue weighted by molar-refractivity contribution is 0.184. The maximum atomic E-state index is 4.92. The minimum Gasteiger partial charge on any atom is -0.378 e. The van der Waals surface area contributed by atoms with E-state index < -0.39 is 0 Å². The second kappa shape index (κ2) is 4.05. The molecule has 0 amide bonds. The fourth-order valence-electron chi connectivity index (χ4n) is 0.600. The van der Waals surface area contributed by atoms with Gasteiger partial charge in [-0.15, -0.1) is 11.3 Å². The van der Waals surface area contributed by atoms with Crippen LogP contribution in [0, 0.1) is 0 Å². The molecule has 0 aliphatic carbocycles. The SMILES string of the molecule is COCc1ncc(CBr)s1. The van der Waals surface area contributed by atoms with E-state index in [2.05, 4.69) is 20.9 Å². The summed E-state index contributed by atoms with van der Waals surface area (Å²) in [6.07, 6.45) is 1.87. The number of thiazole rings is 1. The highest BCUT2D eigenvalue weighted by Crippen LogP contribution is 2.15. The lowest BCUT2D eigenvalue weighted by atomic mass is 10.6. The number of hydrogen-bond donors (Lipinski definition) is 0. The number of ether oxygens (including phenoxy) is 1. The number of alkyl halides is 1. The summed E-state index contributed by atoms with van der Waals surface area (Å²) >= 11 is 5.03.